The minimum atomic E-state index is 0.942. The van der Waals surface area contributed by atoms with Crippen LogP contribution in [0.4, 0.5) is 0 Å². The van der Waals surface area contributed by atoms with Crippen LogP contribution in [0.5, 0.6) is 0 Å². The normalized spacial score (nSPS) is 17.6. The monoisotopic (exact) mass is 204 g/mol. The van der Waals surface area contributed by atoms with Gasteiger partial charge in [-0.3, -0.25) is 0 Å². The van der Waals surface area contributed by atoms with Crippen LogP contribution in [0.25, 0.3) is 0 Å². The molecule has 1 heterocycles. The summed E-state index contributed by atoms with van der Waals surface area (Å²) in [7, 11) is 0. The van der Waals surface area contributed by atoms with Gasteiger partial charge in [-0.25, -0.2) is 0 Å². The topological polar surface area (TPSA) is 15.3 Å². The molecule has 70 valence electrons. The summed E-state index contributed by atoms with van der Waals surface area (Å²) >= 11 is 7.26. The van der Waals surface area contributed by atoms with Crippen molar-refractivity contribution in [3.8, 4) is 0 Å². The zero-order valence-electron chi connectivity index (χ0n) is 7.51. The van der Waals surface area contributed by atoms with E-state index in [0.717, 1.165) is 31.2 Å². The standard InChI is InChI=1S/C8H16N2S2/c1-2-3-9-8(11)10-4-6-12-7-5-10/h2-7H2,1H3,(H,9,11). The molecule has 0 aliphatic carbocycles. The average Bonchev–Trinajstić information content (AvgIpc) is 2.15. The fraction of sp³-hybridized carbons (Fsp3) is 0.875. The lowest BCUT2D eigenvalue weighted by Crippen LogP contribution is -2.44. The lowest BCUT2D eigenvalue weighted by atomic mass is 10.5. The van der Waals surface area contributed by atoms with Gasteiger partial charge in [0.2, 0.25) is 0 Å². The second kappa shape index (κ2) is 5.65. The fourth-order valence-corrected chi connectivity index (χ4v) is 2.30. The highest BCUT2D eigenvalue weighted by Gasteiger charge is 2.12. The Bertz CT molecular complexity index is 144. The zero-order valence-corrected chi connectivity index (χ0v) is 9.14. The van der Waals surface area contributed by atoms with Gasteiger partial charge in [-0.05, 0) is 18.6 Å². The van der Waals surface area contributed by atoms with E-state index in [1.54, 1.807) is 0 Å². The van der Waals surface area contributed by atoms with Crippen molar-refractivity contribution in [1.82, 2.24) is 10.2 Å². The van der Waals surface area contributed by atoms with E-state index in [1.165, 1.54) is 11.5 Å². The third kappa shape index (κ3) is 3.19. The van der Waals surface area contributed by atoms with Gasteiger partial charge in [-0.2, -0.15) is 11.8 Å². The molecule has 0 bridgehead atoms. The van der Waals surface area contributed by atoms with Crippen LogP contribution in [-0.2, 0) is 0 Å². The van der Waals surface area contributed by atoms with Gasteiger partial charge in [0, 0.05) is 31.1 Å². The molecule has 0 aromatic rings. The summed E-state index contributed by atoms with van der Waals surface area (Å²) in [5.41, 5.74) is 0. The van der Waals surface area contributed by atoms with E-state index in [2.05, 4.69) is 17.1 Å². The predicted octanol–water partition coefficient (Wildman–Crippen LogP) is 1.32. The molecular formula is C8H16N2S2. The maximum Gasteiger partial charge on any atom is 0.168 e. The highest BCUT2D eigenvalue weighted by molar-refractivity contribution is 7.99. The molecule has 1 N–H and O–H groups in total. The number of rotatable bonds is 2. The Kier molecular flexibility index (Phi) is 4.76. The Morgan fingerprint density at radius 2 is 2.17 bits per heavy atom. The Morgan fingerprint density at radius 3 is 2.75 bits per heavy atom. The Balaban J connectivity index is 2.20. The van der Waals surface area contributed by atoms with E-state index in [4.69, 9.17) is 12.2 Å². The number of hydrogen-bond donors (Lipinski definition) is 1. The minimum Gasteiger partial charge on any atom is -0.363 e. The van der Waals surface area contributed by atoms with E-state index in [9.17, 15) is 0 Å². The van der Waals surface area contributed by atoms with Crippen LogP contribution in [0, 0.1) is 0 Å². The van der Waals surface area contributed by atoms with Crippen LogP contribution >= 0.6 is 24.0 Å². The molecule has 0 atom stereocenters. The number of nitrogens with one attached hydrogen (secondary N) is 1. The van der Waals surface area contributed by atoms with Crippen LogP contribution < -0.4 is 5.32 Å². The second-order valence-electron chi connectivity index (χ2n) is 2.83. The first-order chi connectivity index (χ1) is 5.84. The smallest absolute Gasteiger partial charge is 0.168 e. The van der Waals surface area contributed by atoms with Gasteiger partial charge in [0.1, 0.15) is 0 Å². The highest BCUT2D eigenvalue weighted by atomic mass is 32.2. The number of hydrogen-bond acceptors (Lipinski definition) is 2. The summed E-state index contributed by atoms with van der Waals surface area (Å²) in [6, 6.07) is 0. The Morgan fingerprint density at radius 1 is 1.50 bits per heavy atom. The molecule has 0 aromatic carbocycles. The van der Waals surface area contributed by atoms with Gasteiger partial charge in [0.05, 0.1) is 0 Å². The van der Waals surface area contributed by atoms with Gasteiger partial charge in [-0.15, -0.1) is 0 Å². The molecule has 0 spiro atoms. The summed E-state index contributed by atoms with van der Waals surface area (Å²) < 4.78 is 0. The van der Waals surface area contributed by atoms with Crippen molar-refractivity contribution >= 4 is 29.1 Å². The van der Waals surface area contributed by atoms with E-state index in [-0.39, 0.29) is 0 Å². The largest absolute Gasteiger partial charge is 0.363 e. The Hall–Kier alpha value is 0.0400. The molecule has 0 unspecified atom stereocenters. The van der Waals surface area contributed by atoms with Crippen LogP contribution in [0.1, 0.15) is 13.3 Å². The maximum absolute atomic E-state index is 5.24. The molecular weight excluding hydrogens is 188 g/mol. The molecule has 2 nitrogen and oxygen atoms in total. The van der Waals surface area contributed by atoms with Crippen LogP contribution in [0.2, 0.25) is 0 Å². The van der Waals surface area contributed by atoms with Crippen molar-refractivity contribution in [3.63, 3.8) is 0 Å². The van der Waals surface area contributed by atoms with E-state index in [0.29, 0.717) is 0 Å². The van der Waals surface area contributed by atoms with E-state index >= 15 is 0 Å². The lowest BCUT2D eigenvalue weighted by molar-refractivity contribution is 0.454. The third-order valence-electron chi connectivity index (χ3n) is 1.82. The number of thiocarbonyl (C=S) groups is 1. The SMILES string of the molecule is CCCNC(=S)N1CCSCC1. The highest BCUT2D eigenvalue weighted by Crippen LogP contribution is 2.08. The zero-order chi connectivity index (χ0) is 8.81. The van der Waals surface area contributed by atoms with E-state index in [1.807, 2.05) is 11.8 Å². The second-order valence-corrected chi connectivity index (χ2v) is 4.44. The van der Waals surface area contributed by atoms with Crippen molar-refractivity contribution in [1.29, 1.82) is 0 Å². The summed E-state index contributed by atoms with van der Waals surface area (Å²) in [6.45, 7) is 5.38. The van der Waals surface area contributed by atoms with Crippen molar-refractivity contribution in [3.05, 3.63) is 0 Å². The van der Waals surface area contributed by atoms with Crippen LogP contribution in [0.3, 0.4) is 0 Å². The molecule has 0 aromatic heterocycles. The first-order valence-corrected chi connectivity index (χ1v) is 6.01. The van der Waals surface area contributed by atoms with Crippen molar-refractivity contribution < 1.29 is 0 Å². The lowest BCUT2D eigenvalue weighted by Gasteiger charge is -2.28. The van der Waals surface area contributed by atoms with Gasteiger partial charge >= 0.3 is 0 Å². The first-order valence-electron chi connectivity index (χ1n) is 4.45. The Labute approximate surface area is 84.1 Å². The van der Waals surface area contributed by atoms with Crippen molar-refractivity contribution in [2.24, 2.45) is 0 Å². The molecule has 0 radical (unpaired) electrons. The number of nitrogens with zero attached hydrogens (tertiary/aromatic N) is 1. The maximum atomic E-state index is 5.24. The van der Waals surface area contributed by atoms with Crippen molar-refractivity contribution in [2.45, 2.75) is 13.3 Å². The fourth-order valence-electron chi connectivity index (χ4n) is 1.11. The average molecular weight is 204 g/mol. The minimum absolute atomic E-state index is 0.942. The molecule has 1 aliphatic rings. The summed E-state index contributed by atoms with van der Waals surface area (Å²) in [5, 5.41) is 4.19. The summed E-state index contributed by atoms with van der Waals surface area (Å²) in [5.74, 6) is 2.43. The molecule has 1 aliphatic heterocycles. The molecule has 1 rings (SSSR count). The molecule has 0 amide bonds. The molecule has 4 heteroatoms. The molecule has 1 saturated heterocycles. The summed E-state index contributed by atoms with van der Waals surface area (Å²) in [4.78, 5) is 2.27. The van der Waals surface area contributed by atoms with Gasteiger partial charge in [0.15, 0.2) is 5.11 Å². The van der Waals surface area contributed by atoms with Crippen molar-refractivity contribution in [2.75, 3.05) is 31.1 Å². The van der Waals surface area contributed by atoms with Crippen LogP contribution in [-0.4, -0.2) is 41.2 Å². The molecule has 1 fully saturated rings. The molecule has 12 heavy (non-hydrogen) atoms. The number of thioether (sulfide) groups is 1. The van der Waals surface area contributed by atoms with Gasteiger partial charge < -0.3 is 10.2 Å². The predicted molar refractivity (Wildman–Crippen MR) is 59.8 cm³/mol. The third-order valence-corrected chi connectivity index (χ3v) is 3.17. The molecule has 0 saturated carbocycles. The van der Waals surface area contributed by atoms with E-state index < -0.39 is 0 Å². The first kappa shape index (κ1) is 10.1. The summed E-state index contributed by atoms with van der Waals surface area (Å²) in [6.07, 6.45) is 1.14. The van der Waals surface area contributed by atoms with Gasteiger partial charge in [-0.1, -0.05) is 6.92 Å². The van der Waals surface area contributed by atoms with Crippen LogP contribution in [0.15, 0.2) is 0 Å². The quantitative estimate of drug-likeness (QED) is 0.682. The van der Waals surface area contributed by atoms with Gasteiger partial charge in [0.25, 0.3) is 0 Å².